The van der Waals surface area contributed by atoms with Crippen molar-refractivity contribution in [3.8, 4) is 0 Å². The quantitative estimate of drug-likeness (QED) is 0.0161. The van der Waals surface area contributed by atoms with Gasteiger partial charge < -0.3 is 116 Å². The number of hydrogen-bond donors (Lipinski definition) is 11. The lowest BCUT2D eigenvalue weighted by molar-refractivity contribution is -0.148. The maximum Gasteiger partial charge on any atom is 0.410 e. The summed E-state index contributed by atoms with van der Waals surface area (Å²) in [5, 5.41) is 63.2. The Morgan fingerprint density at radius 2 is 1.08 bits per heavy atom. The van der Waals surface area contributed by atoms with Gasteiger partial charge in [0.25, 0.3) is 0 Å². The molecule has 31 nitrogen and oxygen atoms in total. The number of aliphatic carboxylic acids is 2. The van der Waals surface area contributed by atoms with Crippen LogP contribution in [0.5, 0.6) is 0 Å². The number of hydrogen-bond acceptors (Lipinski definition) is 21. The molecule has 0 unspecified atom stereocenters. The predicted octanol–water partition coefficient (Wildman–Crippen LogP) is -3.78. The Labute approximate surface area is 452 Å². The van der Waals surface area contributed by atoms with Crippen molar-refractivity contribution < 1.29 is 102 Å². The minimum absolute atomic E-state index is 0.00176. The average Bonchev–Trinajstić information content (AvgIpc) is 3.39. The van der Waals surface area contributed by atoms with Crippen LogP contribution < -0.4 is 28.3 Å². The number of unbranched alkanes of at least 4 members (excludes halogenated alkanes) is 1. The summed E-state index contributed by atoms with van der Waals surface area (Å²) in [7, 11) is 2.74. The number of guanidine groups is 2. The first-order valence-corrected chi connectivity index (χ1v) is 25.3. The maximum absolute atomic E-state index is 13.5. The minimum atomic E-state index is -1.84. The van der Waals surface area contributed by atoms with E-state index in [1.165, 1.54) is 25.1 Å². The number of ether oxygens (including phenoxy) is 9. The number of amides is 4. The molecule has 446 valence electrons. The van der Waals surface area contributed by atoms with E-state index in [9.17, 15) is 59.4 Å². The maximum atomic E-state index is 13.5. The minimum Gasteiger partial charge on any atom is -0.479 e. The summed E-state index contributed by atoms with van der Waals surface area (Å²) < 4.78 is 50.1. The fourth-order valence-electron chi connectivity index (χ4n) is 7.65. The molecule has 4 amide bonds. The zero-order chi connectivity index (χ0) is 58.3. The smallest absolute Gasteiger partial charge is 0.410 e. The van der Waals surface area contributed by atoms with Gasteiger partial charge in [0.05, 0.1) is 97.2 Å². The lowest BCUT2D eigenvalue weighted by Gasteiger charge is -2.40. The van der Waals surface area contributed by atoms with E-state index in [0.29, 0.717) is 45.9 Å². The highest BCUT2D eigenvalue weighted by Crippen LogP contribution is 2.31. The first-order valence-electron chi connectivity index (χ1n) is 25.3. The fourth-order valence-corrected chi connectivity index (χ4v) is 7.65. The van der Waals surface area contributed by atoms with Gasteiger partial charge in [0.2, 0.25) is 23.3 Å². The lowest BCUT2D eigenvalue weighted by atomic mass is 9.87. The second-order valence-electron chi connectivity index (χ2n) is 18.0. The van der Waals surface area contributed by atoms with Crippen LogP contribution in [0.2, 0.25) is 0 Å². The number of carbonyl (C=O) groups excluding carboxylic acids is 4. The number of nitrogens with two attached hydrogens (primary N) is 4. The van der Waals surface area contributed by atoms with E-state index >= 15 is 0 Å². The van der Waals surface area contributed by atoms with E-state index in [-0.39, 0.29) is 77.5 Å². The molecule has 15 N–H and O–H groups in total. The van der Waals surface area contributed by atoms with E-state index < -0.39 is 121 Å². The van der Waals surface area contributed by atoms with Gasteiger partial charge in [0.15, 0.2) is 30.2 Å². The molecule has 0 saturated heterocycles. The largest absolute Gasteiger partial charge is 0.479 e. The first kappa shape index (κ1) is 67.8. The molecule has 31 heteroatoms. The van der Waals surface area contributed by atoms with Crippen molar-refractivity contribution >= 4 is 47.9 Å². The first-order chi connectivity index (χ1) is 37.1. The topological polar surface area (TPSA) is 457 Å². The molecule has 2 aliphatic heterocycles. The van der Waals surface area contributed by atoms with Crippen LogP contribution in [0.4, 0.5) is 9.59 Å². The van der Waals surface area contributed by atoms with Gasteiger partial charge in [0.1, 0.15) is 18.3 Å². The van der Waals surface area contributed by atoms with Crippen LogP contribution in [0.3, 0.4) is 0 Å². The Balaban J connectivity index is 2.09. The summed E-state index contributed by atoms with van der Waals surface area (Å²) >= 11 is 0. The molecule has 0 radical (unpaired) electrons. The van der Waals surface area contributed by atoms with E-state index in [1.54, 1.807) is 6.92 Å². The molecule has 10 atom stereocenters. The molecule has 2 aliphatic rings. The zero-order valence-electron chi connectivity index (χ0n) is 44.9. The molecule has 0 bridgehead atoms. The molecule has 0 saturated carbocycles. The van der Waals surface area contributed by atoms with Crippen molar-refractivity contribution in [2.24, 2.45) is 38.8 Å². The molecule has 0 aromatic carbocycles. The summed E-state index contributed by atoms with van der Waals surface area (Å²) in [6.07, 6.45) is -8.07. The molecule has 78 heavy (non-hydrogen) atoms. The van der Waals surface area contributed by atoms with Gasteiger partial charge in [-0.15, -0.1) is 0 Å². The molecule has 0 aromatic rings. The fraction of sp³-hybridized carbons (Fsp3) is 0.745. The number of aliphatic imine (C=N–C) groups is 2. The van der Waals surface area contributed by atoms with Crippen LogP contribution in [0.1, 0.15) is 46.5 Å². The third-order valence-corrected chi connectivity index (χ3v) is 11.7. The monoisotopic (exact) mass is 1120 g/mol. The van der Waals surface area contributed by atoms with Crippen LogP contribution in [0.15, 0.2) is 33.7 Å². The third-order valence-electron chi connectivity index (χ3n) is 11.7. The van der Waals surface area contributed by atoms with Crippen LogP contribution >= 0.6 is 0 Å². The van der Waals surface area contributed by atoms with Gasteiger partial charge in [-0.25, -0.2) is 29.2 Å². The summed E-state index contributed by atoms with van der Waals surface area (Å²) in [6.45, 7) is 5.94. The second-order valence-corrected chi connectivity index (χ2v) is 18.0. The van der Waals surface area contributed by atoms with Crippen LogP contribution in [-0.4, -0.2) is 268 Å². The summed E-state index contributed by atoms with van der Waals surface area (Å²) in [6, 6.07) is -3.48. The lowest BCUT2D eigenvalue weighted by Crippen LogP contribution is -2.61. The normalized spacial score (nSPS) is 20.4. The van der Waals surface area contributed by atoms with Crippen LogP contribution in [0, 0.1) is 5.92 Å². The highest BCUT2D eigenvalue weighted by atomic mass is 16.6. The molecular weight excluding hydrogens is 1040 g/mol. The van der Waals surface area contributed by atoms with E-state index in [0.717, 1.165) is 29.2 Å². The number of nitrogens with zero attached hydrogens (tertiary/aromatic N) is 5. The number of rotatable bonds is 38. The Hall–Kier alpha value is -6.32. The number of carboxylic acid groups (broad SMARTS) is 2. The molecule has 0 spiro atoms. The van der Waals surface area contributed by atoms with Gasteiger partial charge in [-0.2, -0.15) is 0 Å². The second kappa shape index (κ2) is 36.7. The van der Waals surface area contributed by atoms with Gasteiger partial charge in [-0.3, -0.25) is 9.59 Å². The number of nitrogens with one attached hydrogen (secondary N) is 1. The number of likely N-dealkylation sites (N-methyl/N-ethyl adjacent to an activating group) is 1. The standard InChI is InChI=1S/C47H82N10O21/c1-6-14-70-18-20-73-22-23-74-21-19-71-15-9-36(63)57(13-17-72-16-12-56(5)47(69)77-39(32(61)26-58)38-28(2)30(53-44(48)49)24-34(75-38)42(64)65)11-8-7-10-55(4)46(68)78-40(33(62)27-59)41-37(52-29(3)60)31(54-45(50)51)25-35(76-41)43(66)67/h24-25,28,30-33,37-41,58-59,61-62H,6-23,26-27H2,1-5H3,(H,52,60)(H,64,65)(H,66,67)(H4,48,49,53)(H4,50,51,54)/t28-,30+,31+,32-,33-,37-,38-,39-,40-,41-/m1/s1. The molecule has 2 rings (SSSR count). The van der Waals surface area contributed by atoms with E-state index in [2.05, 4.69) is 15.3 Å². The van der Waals surface area contributed by atoms with Crippen molar-refractivity contribution in [3.05, 3.63) is 23.7 Å². The number of carbonyl (C=O) groups is 6. The zero-order valence-corrected chi connectivity index (χ0v) is 44.9. The summed E-state index contributed by atoms with van der Waals surface area (Å²) in [4.78, 5) is 88.2. The Morgan fingerprint density at radius 1 is 0.641 bits per heavy atom. The average molecular weight is 1120 g/mol. The van der Waals surface area contributed by atoms with Crippen molar-refractivity contribution in [1.82, 2.24) is 20.0 Å². The van der Waals surface area contributed by atoms with Crippen molar-refractivity contribution in [1.29, 1.82) is 0 Å². The van der Waals surface area contributed by atoms with E-state index in [1.807, 2.05) is 6.92 Å². The van der Waals surface area contributed by atoms with Gasteiger partial charge in [-0.05, 0) is 31.4 Å². The van der Waals surface area contributed by atoms with Gasteiger partial charge in [-0.1, -0.05) is 13.8 Å². The number of aliphatic hydroxyl groups is 4. The Kier molecular flexibility index (Phi) is 31.9. The van der Waals surface area contributed by atoms with Crippen molar-refractivity contribution in [2.45, 2.75) is 101 Å². The Morgan fingerprint density at radius 3 is 1.58 bits per heavy atom. The number of carboxylic acids is 2. The molecular formula is C47H82N10O21. The van der Waals surface area contributed by atoms with Gasteiger partial charge in [0, 0.05) is 59.7 Å². The summed E-state index contributed by atoms with van der Waals surface area (Å²) in [5.41, 5.74) is 22.2. The van der Waals surface area contributed by atoms with Gasteiger partial charge >= 0.3 is 24.1 Å². The molecule has 0 fully saturated rings. The van der Waals surface area contributed by atoms with E-state index in [4.69, 9.17) is 65.6 Å². The number of aliphatic hydroxyl groups excluding tert-OH is 4. The Bertz CT molecular complexity index is 1990. The third kappa shape index (κ3) is 24.6. The summed E-state index contributed by atoms with van der Waals surface area (Å²) in [5.74, 6) is -6.78. The van der Waals surface area contributed by atoms with Crippen molar-refractivity contribution in [2.75, 3.05) is 120 Å². The predicted molar refractivity (Wildman–Crippen MR) is 274 cm³/mol. The highest BCUT2D eigenvalue weighted by Gasteiger charge is 2.47. The molecule has 0 aliphatic carbocycles. The molecule has 0 aromatic heterocycles. The SMILES string of the molecule is CCCOCCOCCOCCOCCC(=O)N(CCCCN(C)C(=O)O[C@@H]([C@@H]1OC(C(=O)O)=C[C@H](N=C(N)N)[C@H]1NC(C)=O)[C@H](O)CO)CCOCCN(C)C(=O)O[C@@H]([C@@H]1OC(C(=O)O)=C[C@H](N=C(N)N)[C@H]1C)[C@H](O)CO. The van der Waals surface area contributed by atoms with Crippen LogP contribution in [0.25, 0.3) is 0 Å². The van der Waals surface area contributed by atoms with Crippen molar-refractivity contribution in [3.63, 3.8) is 0 Å². The molecule has 2 heterocycles. The highest BCUT2D eigenvalue weighted by molar-refractivity contribution is 5.86. The van der Waals surface area contributed by atoms with Crippen LogP contribution in [-0.2, 0) is 61.8 Å².